The smallest absolute Gasteiger partial charge is 0.303 e. The van der Waals surface area contributed by atoms with Crippen molar-refractivity contribution in [2.45, 2.75) is 38.3 Å². The molecule has 0 bridgehead atoms. The highest BCUT2D eigenvalue weighted by Gasteiger charge is 2.33. The Hall–Kier alpha value is -1.55. The van der Waals surface area contributed by atoms with Crippen LogP contribution in [0.15, 0.2) is 30.3 Å². The van der Waals surface area contributed by atoms with E-state index in [1.54, 1.807) is 0 Å². The quantitative estimate of drug-likeness (QED) is 0.872. The normalized spacial score (nSPS) is 22.2. The minimum absolute atomic E-state index is 0.0427. The van der Waals surface area contributed by atoms with E-state index in [-0.39, 0.29) is 18.0 Å². The Morgan fingerprint density at radius 1 is 1.42 bits per heavy atom. The molecule has 0 amide bonds. The molecule has 0 aliphatic carbocycles. The summed E-state index contributed by atoms with van der Waals surface area (Å²) in [6, 6.07) is 10.6. The molecular weight excluding hydrogens is 240 g/mol. The van der Waals surface area contributed by atoms with E-state index in [0.29, 0.717) is 6.42 Å². The first-order valence-electron chi connectivity index (χ1n) is 6.77. The number of carboxylic acids is 1. The molecule has 0 spiro atoms. The van der Waals surface area contributed by atoms with Crippen LogP contribution in [0.3, 0.4) is 0 Å². The van der Waals surface area contributed by atoms with Crippen LogP contribution in [0.4, 0.5) is 5.69 Å². The molecule has 1 unspecified atom stereocenters. The van der Waals surface area contributed by atoms with E-state index in [0.717, 1.165) is 13.1 Å². The monoisotopic (exact) mass is 262 g/mol. The summed E-state index contributed by atoms with van der Waals surface area (Å²) >= 11 is 0. The van der Waals surface area contributed by atoms with Gasteiger partial charge in [-0.3, -0.25) is 4.79 Å². The molecule has 1 fully saturated rings. The average Bonchev–Trinajstić information content (AvgIpc) is 2.38. The van der Waals surface area contributed by atoms with Crippen molar-refractivity contribution in [1.29, 1.82) is 0 Å². The summed E-state index contributed by atoms with van der Waals surface area (Å²) in [5.41, 5.74) is 1.25. The molecule has 4 heteroatoms. The third-order valence-corrected chi connectivity index (χ3v) is 3.73. The minimum atomic E-state index is -0.724. The van der Waals surface area contributed by atoms with Crippen molar-refractivity contribution < 1.29 is 9.90 Å². The topological polar surface area (TPSA) is 52.6 Å². The summed E-state index contributed by atoms with van der Waals surface area (Å²) in [7, 11) is 0. The van der Waals surface area contributed by atoms with Crippen LogP contribution in [0.5, 0.6) is 0 Å². The number of rotatable bonds is 4. The Balaban J connectivity index is 2.08. The fourth-order valence-electron chi connectivity index (χ4n) is 2.58. The molecular formula is C15H22N2O2. The van der Waals surface area contributed by atoms with E-state index in [2.05, 4.69) is 36.2 Å². The van der Waals surface area contributed by atoms with Gasteiger partial charge in [0.25, 0.3) is 0 Å². The predicted octanol–water partition coefficient (Wildman–Crippen LogP) is 2.11. The van der Waals surface area contributed by atoms with Gasteiger partial charge < -0.3 is 15.3 Å². The molecule has 1 atom stereocenters. The number of benzene rings is 1. The van der Waals surface area contributed by atoms with Gasteiger partial charge in [-0.05, 0) is 32.4 Å². The van der Waals surface area contributed by atoms with Crippen LogP contribution in [0, 0.1) is 0 Å². The van der Waals surface area contributed by atoms with E-state index < -0.39 is 5.97 Å². The highest BCUT2D eigenvalue weighted by molar-refractivity contribution is 5.66. The second kappa shape index (κ2) is 5.61. The molecule has 2 rings (SSSR count). The number of carbonyl (C=O) groups is 1. The standard InChI is InChI=1S/C15H22N2O2/c1-15(2)11-16-12(8-9-14(18)19)10-17(15)13-6-4-3-5-7-13/h3-7,12,16H,8-11H2,1-2H3,(H,18,19). The highest BCUT2D eigenvalue weighted by atomic mass is 16.4. The van der Waals surface area contributed by atoms with Crippen LogP contribution >= 0.6 is 0 Å². The maximum Gasteiger partial charge on any atom is 0.303 e. The molecule has 1 aromatic rings. The van der Waals surface area contributed by atoms with Crippen LogP contribution in [0.1, 0.15) is 26.7 Å². The van der Waals surface area contributed by atoms with Crippen LogP contribution in [-0.4, -0.2) is 35.7 Å². The maximum absolute atomic E-state index is 10.7. The zero-order valence-corrected chi connectivity index (χ0v) is 11.6. The largest absolute Gasteiger partial charge is 0.481 e. The Morgan fingerprint density at radius 2 is 2.11 bits per heavy atom. The van der Waals surface area contributed by atoms with E-state index in [4.69, 9.17) is 5.11 Å². The number of hydrogen-bond donors (Lipinski definition) is 2. The second-order valence-corrected chi connectivity index (χ2v) is 5.77. The fraction of sp³-hybridized carbons (Fsp3) is 0.533. The lowest BCUT2D eigenvalue weighted by molar-refractivity contribution is -0.137. The van der Waals surface area contributed by atoms with Crippen LogP contribution in [0.2, 0.25) is 0 Å². The van der Waals surface area contributed by atoms with Crippen molar-refractivity contribution in [2.24, 2.45) is 0 Å². The number of anilines is 1. The summed E-state index contributed by atoms with van der Waals surface area (Å²) < 4.78 is 0. The van der Waals surface area contributed by atoms with Crippen LogP contribution in [-0.2, 0) is 4.79 Å². The number of nitrogens with zero attached hydrogens (tertiary/aromatic N) is 1. The molecule has 1 aliphatic heterocycles. The fourth-order valence-corrected chi connectivity index (χ4v) is 2.58. The number of para-hydroxylation sites is 1. The number of hydrogen-bond acceptors (Lipinski definition) is 3. The minimum Gasteiger partial charge on any atom is -0.481 e. The molecule has 0 saturated carbocycles. The summed E-state index contributed by atoms with van der Waals surface area (Å²) in [6.07, 6.45) is 0.898. The van der Waals surface area contributed by atoms with Gasteiger partial charge in [0.05, 0.1) is 0 Å². The first kappa shape index (κ1) is 13.9. The van der Waals surface area contributed by atoms with Gasteiger partial charge in [-0.1, -0.05) is 18.2 Å². The first-order chi connectivity index (χ1) is 8.99. The van der Waals surface area contributed by atoms with Gasteiger partial charge in [0, 0.05) is 36.8 Å². The van der Waals surface area contributed by atoms with E-state index in [9.17, 15) is 4.79 Å². The molecule has 104 valence electrons. The van der Waals surface area contributed by atoms with Crippen molar-refractivity contribution in [3.05, 3.63) is 30.3 Å². The predicted molar refractivity (Wildman–Crippen MR) is 76.5 cm³/mol. The van der Waals surface area contributed by atoms with Crippen molar-refractivity contribution >= 4 is 11.7 Å². The Labute approximate surface area is 114 Å². The van der Waals surface area contributed by atoms with Crippen LogP contribution < -0.4 is 10.2 Å². The lowest BCUT2D eigenvalue weighted by Gasteiger charge is -2.47. The van der Waals surface area contributed by atoms with Gasteiger partial charge in [0.2, 0.25) is 0 Å². The molecule has 1 aromatic carbocycles. The number of nitrogens with one attached hydrogen (secondary N) is 1. The van der Waals surface area contributed by atoms with Crippen molar-refractivity contribution in [1.82, 2.24) is 5.32 Å². The van der Waals surface area contributed by atoms with Crippen molar-refractivity contribution in [3.63, 3.8) is 0 Å². The zero-order chi connectivity index (χ0) is 13.9. The first-order valence-corrected chi connectivity index (χ1v) is 6.77. The lowest BCUT2D eigenvalue weighted by atomic mass is 9.95. The van der Waals surface area contributed by atoms with Gasteiger partial charge in [0.1, 0.15) is 0 Å². The van der Waals surface area contributed by atoms with E-state index in [1.165, 1.54) is 5.69 Å². The molecule has 1 heterocycles. The molecule has 4 nitrogen and oxygen atoms in total. The van der Waals surface area contributed by atoms with Crippen molar-refractivity contribution in [2.75, 3.05) is 18.0 Å². The maximum atomic E-state index is 10.7. The van der Waals surface area contributed by atoms with Crippen LogP contribution in [0.25, 0.3) is 0 Å². The average molecular weight is 262 g/mol. The Morgan fingerprint density at radius 3 is 2.74 bits per heavy atom. The van der Waals surface area contributed by atoms with Gasteiger partial charge in [0.15, 0.2) is 0 Å². The number of piperazine rings is 1. The van der Waals surface area contributed by atoms with Gasteiger partial charge in [-0.15, -0.1) is 0 Å². The lowest BCUT2D eigenvalue weighted by Crippen LogP contribution is -2.62. The van der Waals surface area contributed by atoms with Gasteiger partial charge >= 0.3 is 5.97 Å². The summed E-state index contributed by atoms with van der Waals surface area (Å²) in [5.74, 6) is -0.724. The molecule has 0 aromatic heterocycles. The van der Waals surface area contributed by atoms with E-state index in [1.807, 2.05) is 18.2 Å². The molecule has 1 aliphatic rings. The molecule has 1 saturated heterocycles. The van der Waals surface area contributed by atoms with Crippen molar-refractivity contribution in [3.8, 4) is 0 Å². The number of aliphatic carboxylic acids is 1. The molecule has 19 heavy (non-hydrogen) atoms. The SMILES string of the molecule is CC1(C)CNC(CCC(=O)O)CN1c1ccccc1. The summed E-state index contributed by atoms with van der Waals surface area (Å²) in [4.78, 5) is 13.1. The van der Waals surface area contributed by atoms with E-state index >= 15 is 0 Å². The third kappa shape index (κ3) is 3.47. The highest BCUT2D eigenvalue weighted by Crippen LogP contribution is 2.27. The molecule has 2 N–H and O–H groups in total. The summed E-state index contributed by atoms with van der Waals surface area (Å²) in [6.45, 7) is 6.14. The third-order valence-electron chi connectivity index (χ3n) is 3.73. The zero-order valence-electron chi connectivity index (χ0n) is 11.6. The second-order valence-electron chi connectivity index (χ2n) is 5.77. The number of carboxylic acid groups (broad SMARTS) is 1. The molecule has 0 radical (unpaired) electrons. The summed E-state index contributed by atoms with van der Waals surface area (Å²) in [5, 5.41) is 12.2. The Bertz CT molecular complexity index is 431. The van der Waals surface area contributed by atoms with Gasteiger partial charge in [-0.2, -0.15) is 0 Å². The van der Waals surface area contributed by atoms with Gasteiger partial charge in [-0.25, -0.2) is 0 Å². The Kier molecular flexibility index (Phi) is 4.10.